The average Bonchev–Trinajstić information content (AvgIpc) is 2.35. The zero-order valence-corrected chi connectivity index (χ0v) is 11.0. The van der Waals surface area contributed by atoms with Gasteiger partial charge in [-0.1, -0.05) is 47.5 Å². The lowest BCUT2D eigenvalue weighted by Gasteiger charge is -2.19. The first kappa shape index (κ1) is 12.8. The Balaban J connectivity index is 2.48. The summed E-state index contributed by atoms with van der Waals surface area (Å²) in [6.45, 7) is 4.02. The molecular formula is C16H18FN. The van der Waals surface area contributed by atoms with Gasteiger partial charge in [0.15, 0.2) is 0 Å². The van der Waals surface area contributed by atoms with Gasteiger partial charge < -0.3 is 5.32 Å². The van der Waals surface area contributed by atoms with E-state index in [1.54, 1.807) is 6.07 Å². The van der Waals surface area contributed by atoms with Crippen molar-refractivity contribution in [1.82, 2.24) is 5.32 Å². The van der Waals surface area contributed by atoms with Gasteiger partial charge >= 0.3 is 0 Å². The Morgan fingerprint density at radius 2 is 1.72 bits per heavy atom. The lowest BCUT2D eigenvalue weighted by Crippen LogP contribution is -2.19. The smallest absolute Gasteiger partial charge is 0.128 e. The van der Waals surface area contributed by atoms with Gasteiger partial charge in [0.25, 0.3) is 0 Å². The first-order chi connectivity index (χ1) is 8.61. The molecule has 94 valence electrons. The number of hydrogen-bond acceptors (Lipinski definition) is 1. The minimum Gasteiger partial charge on any atom is -0.309 e. The number of halogens is 1. The van der Waals surface area contributed by atoms with Gasteiger partial charge in [0.1, 0.15) is 5.82 Å². The predicted octanol–water partition coefficient (Wildman–Crippen LogP) is 3.75. The first-order valence-corrected chi connectivity index (χ1v) is 6.11. The van der Waals surface area contributed by atoms with Gasteiger partial charge in [-0.2, -0.15) is 0 Å². The summed E-state index contributed by atoms with van der Waals surface area (Å²) in [5.41, 5.74) is 4.03. The first-order valence-electron chi connectivity index (χ1n) is 6.11. The van der Waals surface area contributed by atoms with Crippen molar-refractivity contribution in [3.63, 3.8) is 0 Å². The fourth-order valence-electron chi connectivity index (χ4n) is 2.24. The summed E-state index contributed by atoms with van der Waals surface area (Å²) in [7, 11) is 1.86. The molecule has 1 unspecified atom stereocenters. The van der Waals surface area contributed by atoms with Crippen LogP contribution < -0.4 is 5.32 Å². The molecule has 2 aromatic carbocycles. The number of benzene rings is 2. The van der Waals surface area contributed by atoms with Crippen LogP contribution in [0.25, 0.3) is 0 Å². The normalized spacial score (nSPS) is 12.4. The summed E-state index contributed by atoms with van der Waals surface area (Å²) >= 11 is 0. The maximum atomic E-state index is 14.0. The van der Waals surface area contributed by atoms with E-state index in [-0.39, 0.29) is 11.9 Å². The Morgan fingerprint density at radius 3 is 2.39 bits per heavy atom. The molecule has 1 N–H and O–H groups in total. The van der Waals surface area contributed by atoms with Crippen molar-refractivity contribution in [2.24, 2.45) is 0 Å². The molecule has 0 heterocycles. The second-order valence-electron chi connectivity index (χ2n) is 4.66. The van der Waals surface area contributed by atoms with Gasteiger partial charge in [-0.3, -0.25) is 0 Å². The average molecular weight is 243 g/mol. The second-order valence-corrected chi connectivity index (χ2v) is 4.66. The molecule has 0 spiro atoms. The summed E-state index contributed by atoms with van der Waals surface area (Å²) in [6.07, 6.45) is 0. The number of aryl methyl sites for hydroxylation is 2. The molecular weight excluding hydrogens is 225 g/mol. The van der Waals surface area contributed by atoms with Crippen molar-refractivity contribution >= 4 is 0 Å². The summed E-state index contributed by atoms with van der Waals surface area (Å²) in [5.74, 6) is -0.165. The summed E-state index contributed by atoms with van der Waals surface area (Å²) in [4.78, 5) is 0. The molecule has 0 fully saturated rings. The van der Waals surface area contributed by atoms with Crippen molar-refractivity contribution in [2.45, 2.75) is 19.9 Å². The molecule has 2 rings (SSSR count). The maximum absolute atomic E-state index is 14.0. The van der Waals surface area contributed by atoms with E-state index in [0.29, 0.717) is 5.56 Å². The lowest BCUT2D eigenvalue weighted by molar-refractivity contribution is 0.575. The van der Waals surface area contributed by atoms with E-state index in [0.717, 1.165) is 11.1 Å². The molecule has 18 heavy (non-hydrogen) atoms. The van der Waals surface area contributed by atoms with Crippen LogP contribution in [0.1, 0.15) is 28.3 Å². The van der Waals surface area contributed by atoms with E-state index < -0.39 is 0 Å². The van der Waals surface area contributed by atoms with Crippen LogP contribution in [0.5, 0.6) is 0 Å². The Bertz CT molecular complexity index is 549. The molecule has 2 aromatic rings. The molecule has 1 atom stereocenters. The van der Waals surface area contributed by atoms with E-state index in [9.17, 15) is 4.39 Å². The van der Waals surface area contributed by atoms with E-state index in [1.165, 1.54) is 11.6 Å². The third kappa shape index (κ3) is 2.59. The Hall–Kier alpha value is -1.67. The Kier molecular flexibility index (Phi) is 3.78. The number of hydrogen-bond donors (Lipinski definition) is 1. The molecule has 0 saturated heterocycles. The Labute approximate surface area is 108 Å². The van der Waals surface area contributed by atoms with Gasteiger partial charge in [0, 0.05) is 5.56 Å². The van der Waals surface area contributed by atoms with Gasteiger partial charge in [-0.15, -0.1) is 0 Å². The van der Waals surface area contributed by atoms with Gasteiger partial charge in [0.2, 0.25) is 0 Å². The van der Waals surface area contributed by atoms with E-state index in [2.05, 4.69) is 11.4 Å². The largest absolute Gasteiger partial charge is 0.309 e. The molecule has 2 heteroatoms. The highest BCUT2D eigenvalue weighted by Crippen LogP contribution is 2.25. The molecule has 0 aromatic heterocycles. The van der Waals surface area contributed by atoms with Crippen LogP contribution in [0.15, 0.2) is 42.5 Å². The highest BCUT2D eigenvalue weighted by Gasteiger charge is 2.16. The molecule has 0 bridgehead atoms. The lowest BCUT2D eigenvalue weighted by atomic mass is 9.96. The maximum Gasteiger partial charge on any atom is 0.128 e. The van der Waals surface area contributed by atoms with Crippen LogP contribution in [0.3, 0.4) is 0 Å². The van der Waals surface area contributed by atoms with Crippen LogP contribution in [-0.4, -0.2) is 7.05 Å². The zero-order valence-electron chi connectivity index (χ0n) is 11.0. The molecule has 0 aliphatic heterocycles. The van der Waals surface area contributed by atoms with E-state index >= 15 is 0 Å². The summed E-state index contributed by atoms with van der Waals surface area (Å²) < 4.78 is 14.0. The fourth-order valence-corrected chi connectivity index (χ4v) is 2.24. The quantitative estimate of drug-likeness (QED) is 0.865. The SMILES string of the molecule is CNC(c1cccc(C)c1)c1cc(C)ccc1F. The molecule has 1 nitrogen and oxygen atoms in total. The predicted molar refractivity (Wildman–Crippen MR) is 73.2 cm³/mol. The van der Waals surface area contributed by atoms with Crippen molar-refractivity contribution in [3.05, 3.63) is 70.5 Å². The van der Waals surface area contributed by atoms with Crippen molar-refractivity contribution in [3.8, 4) is 0 Å². The fraction of sp³-hybridized carbons (Fsp3) is 0.250. The Morgan fingerprint density at radius 1 is 1.00 bits per heavy atom. The molecule has 0 aliphatic rings. The van der Waals surface area contributed by atoms with Crippen molar-refractivity contribution < 1.29 is 4.39 Å². The highest BCUT2D eigenvalue weighted by molar-refractivity contribution is 5.36. The molecule has 0 radical (unpaired) electrons. The monoisotopic (exact) mass is 243 g/mol. The molecule has 0 aliphatic carbocycles. The van der Waals surface area contributed by atoms with Crippen LogP contribution in [0.4, 0.5) is 4.39 Å². The minimum absolute atomic E-state index is 0.107. The van der Waals surface area contributed by atoms with Crippen LogP contribution in [0.2, 0.25) is 0 Å². The van der Waals surface area contributed by atoms with Crippen molar-refractivity contribution in [2.75, 3.05) is 7.05 Å². The van der Waals surface area contributed by atoms with E-state index in [1.807, 2.05) is 45.2 Å². The van der Waals surface area contributed by atoms with Crippen LogP contribution in [-0.2, 0) is 0 Å². The molecule has 0 amide bonds. The zero-order chi connectivity index (χ0) is 13.1. The molecule has 0 saturated carbocycles. The van der Waals surface area contributed by atoms with Gasteiger partial charge in [-0.05, 0) is 32.5 Å². The third-order valence-corrected chi connectivity index (χ3v) is 3.13. The minimum atomic E-state index is -0.165. The van der Waals surface area contributed by atoms with Crippen LogP contribution in [0, 0.1) is 19.7 Å². The number of nitrogens with one attached hydrogen (secondary N) is 1. The van der Waals surface area contributed by atoms with Crippen LogP contribution >= 0.6 is 0 Å². The third-order valence-electron chi connectivity index (χ3n) is 3.13. The summed E-state index contributed by atoms with van der Waals surface area (Å²) in [5, 5.41) is 3.19. The second kappa shape index (κ2) is 5.32. The van der Waals surface area contributed by atoms with Gasteiger partial charge in [-0.25, -0.2) is 4.39 Å². The van der Waals surface area contributed by atoms with Gasteiger partial charge in [0.05, 0.1) is 6.04 Å². The van der Waals surface area contributed by atoms with E-state index in [4.69, 9.17) is 0 Å². The topological polar surface area (TPSA) is 12.0 Å². The number of rotatable bonds is 3. The highest BCUT2D eigenvalue weighted by atomic mass is 19.1. The summed E-state index contributed by atoms with van der Waals surface area (Å²) in [6, 6.07) is 13.3. The standard InChI is InChI=1S/C16H18FN/c1-11-5-4-6-13(9-11)16(18-3)14-10-12(2)7-8-15(14)17/h4-10,16,18H,1-3H3. The van der Waals surface area contributed by atoms with Crippen molar-refractivity contribution in [1.29, 1.82) is 0 Å².